The maximum Gasteiger partial charge on any atom is 0.0709 e. The number of hydrogen-bond acceptors (Lipinski definition) is 3. The molecule has 3 nitrogen and oxygen atoms in total. The molecule has 2 atom stereocenters. The number of nitrogens with zero attached hydrogens (tertiary/aromatic N) is 3. The van der Waals surface area contributed by atoms with Gasteiger partial charge in [-0.1, -0.05) is 211 Å². The number of rotatable bonds is 9. The number of para-hydroxylation sites is 1. The highest BCUT2D eigenvalue weighted by Gasteiger charge is 2.35. The lowest BCUT2D eigenvalue weighted by Gasteiger charge is -2.38. The molecular formula is C69H63N3. The Kier molecular flexibility index (Phi) is 12.6. The summed E-state index contributed by atoms with van der Waals surface area (Å²) in [5.74, 6) is 0.960. The van der Waals surface area contributed by atoms with Gasteiger partial charge in [0, 0.05) is 34.5 Å². The van der Waals surface area contributed by atoms with Gasteiger partial charge in [-0.3, -0.25) is 9.97 Å². The van der Waals surface area contributed by atoms with E-state index in [2.05, 4.69) is 248 Å². The highest BCUT2D eigenvalue weighted by molar-refractivity contribution is 5.82. The highest BCUT2D eigenvalue weighted by Crippen LogP contribution is 2.52. The molecule has 354 valence electrons. The van der Waals surface area contributed by atoms with Gasteiger partial charge in [0.2, 0.25) is 0 Å². The van der Waals surface area contributed by atoms with Crippen LogP contribution in [-0.2, 0) is 10.8 Å². The SMILES string of the molecule is CC(C)(C)c1ccnc(-c2ccc(-c3ccccc3C3CC(c4ccccc4-c4ccc(-c5cc(C(C)(C)C)ccn5)cc4)CC(c4ccccc4-c4ccc(-c5ccc6ccccc6n5)cc4)C3)cc2)c1. The van der Waals surface area contributed by atoms with Crippen molar-refractivity contribution >= 4 is 10.9 Å². The molecule has 0 spiro atoms. The van der Waals surface area contributed by atoms with Crippen LogP contribution >= 0.6 is 0 Å². The summed E-state index contributed by atoms with van der Waals surface area (Å²) in [5, 5.41) is 1.16. The Morgan fingerprint density at radius 2 is 0.681 bits per heavy atom. The van der Waals surface area contributed by atoms with Crippen molar-refractivity contribution in [2.45, 2.75) is 89.4 Å². The third kappa shape index (κ3) is 9.69. The van der Waals surface area contributed by atoms with E-state index in [4.69, 9.17) is 15.0 Å². The molecule has 11 rings (SSSR count). The summed E-state index contributed by atoms with van der Waals surface area (Å²) in [6.45, 7) is 13.6. The van der Waals surface area contributed by atoms with Gasteiger partial charge in [0.15, 0.2) is 0 Å². The first-order valence-electron chi connectivity index (χ1n) is 25.8. The van der Waals surface area contributed by atoms with Gasteiger partial charge < -0.3 is 0 Å². The van der Waals surface area contributed by atoms with Gasteiger partial charge in [-0.2, -0.15) is 0 Å². The predicted octanol–water partition coefficient (Wildman–Crippen LogP) is 18.5. The lowest BCUT2D eigenvalue weighted by atomic mass is 9.66. The minimum Gasteiger partial charge on any atom is -0.256 e. The van der Waals surface area contributed by atoms with Crippen molar-refractivity contribution in [3.8, 4) is 67.2 Å². The average molecular weight is 934 g/mol. The number of aromatic nitrogens is 3. The third-order valence-corrected chi connectivity index (χ3v) is 15.2. The largest absolute Gasteiger partial charge is 0.256 e. The molecular weight excluding hydrogens is 871 g/mol. The van der Waals surface area contributed by atoms with E-state index >= 15 is 0 Å². The number of fused-ring (bicyclic) bond motifs is 1. The molecule has 0 aliphatic heterocycles. The molecule has 2 unspecified atom stereocenters. The van der Waals surface area contributed by atoms with Crippen molar-refractivity contribution in [3.05, 3.63) is 246 Å². The molecule has 72 heavy (non-hydrogen) atoms. The molecule has 0 radical (unpaired) electrons. The van der Waals surface area contributed by atoms with Crippen LogP contribution in [0.4, 0.5) is 0 Å². The summed E-state index contributed by atoms with van der Waals surface area (Å²) in [5.41, 5.74) is 22.0. The van der Waals surface area contributed by atoms with Gasteiger partial charge in [-0.15, -0.1) is 0 Å². The summed E-state index contributed by atoms with van der Waals surface area (Å²) in [7, 11) is 0. The molecule has 1 aliphatic carbocycles. The maximum atomic E-state index is 5.02. The fourth-order valence-corrected chi connectivity index (χ4v) is 11.2. The quantitative estimate of drug-likeness (QED) is 0.145. The van der Waals surface area contributed by atoms with E-state index in [0.29, 0.717) is 17.8 Å². The van der Waals surface area contributed by atoms with Crippen LogP contribution in [0.3, 0.4) is 0 Å². The number of benzene rings is 7. The Morgan fingerprint density at radius 1 is 0.333 bits per heavy atom. The van der Waals surface area contributed by atoms with Crippen molar-refractivity contribution in [2.24, 2.45) is 0 Å². The summed E-state index contributed by atoms with van der Waals surface area (Å²) < 4.78 is 0. The highest BCUT2D eigenvalue weighted by atomic mass is 14.7. The summed E-state index contributed by atoms with van der Waals surface area (Å²) in [4.78, 5) is 14.6. The number of hydrogen-bond donors (Lipinski definition) is 0. The normalized spacial score (nSPS) is 16.2. The molecule has 0 amide bonds. The smallest absolute Gasteiger partial charge is 0.0709 e. The minimum atomic E-state index is 0.0511. The standard InChI is InChI=1S/C69H63N3/c1-68(2,3)56-37-39-70-66(44-56)51-31-25-47(26-32-51)59-17-9-12-20-62(59)54-41-53(61-19-11-8-16-58(61)46-23-29-50(30-24-46)65-36-35-49-15-7-14-22-64(49)72-65)42-55(43-54)63-21-13-10-18-60(63)48-27-33-52(34-28-48)67-45-57(38-40-71-67)69(4,5)6/h7-40,44-45,53-55H,41-43H2,1-6H3. The lowest BCUT2D eigenvalue weighted by molar-refractivity contribution is 0.353. The zero-order valence-electron chi connectivity index (χ0n) is 42.5. The fourth-order valence-electron chi connectivity index (χ4n) is 11.2. The molecule has 0 saturated heterocycles. The Balaban J connectivity index is 0.962. The van der Waals surface area contributed by atoms with Gasteiger partial charge in [0.1, 0.15) is 0 Å². The molecule has 3 aromatic heterocycles. The summed E-state index contributed by atoms with van der Waals surface area (Å²) in [6.07, 6.45) is 7.07. The van der Waals surface area contributed by atoms with E-state index in [-0.39, 0.29) is 10.8 Å². The Bertz CT molecular complexity index is 3370. The molecule has 7 aromatic carbocycles. The van der Waals surface area contributed by atoms with Crippen LogP contribution in [0.2, 0.25) is 0 Å². The van der Waals surface area contributed by atoms with Gasteiger partial charge in [-0.25, -0.2) is 4.98 Å². The first-order valence-corrected chi connectivity index (χ1v) is 25.8. The molecule has 1 fully saturated rings. The fraction of sp³-hybridized carbons (Fsp3) is 0.203. The monoisotopic (exact) mass is 934 g/mol. The molecule has 10 aromatic rings. The van der Waals surface area contributed by atoms with Crippen LogP contribution in [0.1, 0.15) is 106 Å². The van der Waals surface area contributed by atoms with Gasteiger partial charge in [-0.05, 0) is 145 Å². The topological polar surface area (TPSA) is 38.7 Å². The van der Waals surface area contributed by atoms with Crippen molar-refractivity contribution in [3.63, 3.8) is 0 Å². The van der Waals surface area contributed by atoms with Gasteiger partial charge in [0.25, 0.3) is 0 Å². The van der Waals surface area contributed by atoms with Crippen molar-refractivity contribution in [1.29, 1.82) is 0 Å². The first-order chi connectivity index (χ1) is 34.9. The van der Waals surface area contributed by atoms with Gasteiger partial charge >= 0.3 is 0 Å². The van der Waals surface area contributed by atoms with Crippen LogP contribution in [0.5, 0.6) is 0 Å². The second-order valence-electron chi connectivity index (χ2n) is 22.0. The van der Waals surface area contributed by atoms with E-state index in [9.17, 15) is 0 Å². The predicted molar refractivity (Wildman–Crippen MR) is 302 cm³/mol. The second kappa shape index (κ2) is 19.5. The lowest BCUT2D eigenvalue weighted by Crippen LogP contribution is -2.21. The molecule has 3 heteroatoms. The molecule has 1 saturated carbocycles. The van der Waals surface area contributed by atoms with E-state index in [1.807, 2.05) is 12.4 Å². The van der Waals surface area contributed by atoms with E-state index < -0.39 is 0 Å². The summed E-state index contributed by atoms with van der Waals surface area (Å²) in [6, 6.07) is 76.3. The average Bonchev–Trinajstić information content (AvgIpc) is 3.42. The van der Waals surface area contributed by atoms with Crippen molar-refractivity contribution in [2.75, 3.05) is 0 Å². The van der Waals surface area contributed by atoms with Crippen LogP contribution in [0.15, 0.2) is 219 Å². The Labute approximate surface area is 426 Å². The maximum absolute atomic E-state index is 5.02. The summed E-state index contributed by atoms with van der Waals surface area (Å²) >= 11 is 0. The zero-order valence-corrected chi connectivity index (χ0v) is 42.5. The van der Waals surface area contributed by atoms with E-state index in [0.717, 1.165) is 63.9 Å². The Hall–Kier alpha value is -7.75. The van der Waals surface area contributed by atoms with Crippen molar-refractivity contribution in [1.82, 2.24) is 15.0 Å². The second-order valence-corrected chi connectivity index (χ2v) is 22.0. The van der Waals surface area contributed by atoms with E-state index in [1.54, 1.807) is 0 Å². The number of pyridine rings is 3. The third-order valence-electron chi connectivity index (χ3n) is 15.2. The van der Waals surface area contributed by atoms with Crippen molar-refractivity contribution < 1.29 is 0 Å². The first kappa shape index (κ1) is 46.6. The van der Waals surface area contributed by atoms with Crippen LogP contribution in [-0.4, -0.2) is 15.0 Å². The van der Waals surface area contributed by atoms with E-state index in [1.165, 1.54) is 61.2 Å². The molecule has 3 heterocycles. The minimum absolute atomic E-state index is 0.0511. The van der Waals surface area contributed by atoms with Gasteiger partial charge in [0.05, 0.1) is 22.6 Å². The molecule has 1 aliphatic rings. The van der Waals surface area contributed by atoms with Crippen LogP contribution in [0, 0.1) is 0 Å². The zero-order chi connectivity index (χ0) is 49.4. The van der Waals surface area contributed by atoms with Crippen LogP contribution < -0.4 is 0 Å². The molecule has 0 bridgehead atoms. The Morgan fingerprint density at radius 3 is 1.08 bits per heavy atom. The molecule has 0 N–H and O–H groups in total. The van der Waals surface area contributed by atoms with Crippen LogP contribution in [0.25, 0.3) is 78.1 Å².